The number of nitrogens with zero attached hydrogens (tertiary/aromatic N) is 2. The van der Waals surface area contributed by atoms with Crippen molar-refractivity contribution in [1.82, 2.24) is 9.88 Å². The number of rotatable bonds is 6. The Balaban J connectivity index is 1.64. The number of hydrogen-bond acceptors (Lipinski definition) is 3. The van der Waals surface area contributed by atoms with E-state index in [1.165, 1.54) is 6.08 Å². The van der Waals surface area contributed by atoms with Gasteiger partial charge in [-0.15, -0.1) is 0 Å². The molecule has 0 bridgehead atoms. The predicted molar refractivity (Wildman–Crippen MR) is 134 cm³/mol. The summed E-state index contributed by atoms with van der Waals surface area (Å²) in [6.07, 6.45) is 4.28. The Morgan fingerprint density at radius 3 is 2.44 bits per heavy atom. The Kier molecular flexibility index (Phi) is 6.91. The molecule has 1 saturated heterocycles. The van der Waals surface area contributed by atoms with Crippen molar-refractivity contribution in [1.29, 1.82) is 0 Å². The van der Waals surface area contributed by atoms with Gasteiger partial charge in [0.2, 0.25) is 0 Å². The van der Waals surface area contributed by atoms with E-state index in [0.717, 1.165) is 22.4 Å². The van der Waals surface area contributed by atoms with Crippen molar-refractivity contribution in [2.75, 3.05) is 4.90 Å². The van der Waals surface area contributed by atoms with Crippen LogP contribution in [0.15, 0.2) is 66.4 Å². The van der Waals surface area contributed by atoms with E-state index in [-0.39, 0.29) is 5.57 Å². The molecule has 1 aromatic heterocycles. The number of benzene rings is 2. The Morgan fingerprint density at radius 2 is 1.76 bits per heavy atom. The molecule has 1 aliphatic heterocycles. The van der Waals surface area contributed by atoms with Gasteiger partial charge >= 0.3 is 6.03 Å². The number of nitrogens with one attached hydrogen (secondary N) is 1. The van der Waals surface area contributed by atoms with Crippen LogP contribution in [0.25, 0.3) is 6.08 Å². The summed E-state index contributed by atoms with van der Waals surface area (Å²) in [5.41, 5.74) is 2.83. The number of hydrogen-bond donors (Lipinski definition) is 1. The van der Waals surface area contributed by atoms with Gasteiger partial charge in [0.1, 0.15) is 5.57 Å². The number of carbonyl (C=O) groups excluding carboxylic acids is 3. The van der Waals surface area contributed by atoms with Gasteiger partial charge in [0.25, 0.3) is 11.8 Å². The van der Waals surface area contributed by atoms with E-state index in [1.807, 2.05) is 29.0 Å². The number of anilines is 1. The van der Waals surface area contributed by atoms with Gasteiger partial charge in [0.05, 0.1) is 5.69 Å². The van der Waals surface area contributed by atoms with Crippen LogP contribution in [-0.2, 0) is 16.1 Å². The maximum Gasteiger partial charge on any atom is 0.335 e. The van der Waals surface area contributed by atoms with Gasteiger partial charge in [0, 0.05) is 28.5 Å². The molecule has 3 aromatic rings. The summed E-state index contributed by atoms with van der Waals surface area (Å²) >= 11 is 12.3. The van der Waals surface area contributed by atoms with Gasteiger partial charge in [-0.3, -0.25) is 14.9 Å². The number of imide groups is 2. The molecule has 0 radical (unpaired) electrons. The topological polar surface area (TPSA) is 71.4 Å². The number of aromatic nitrogens is 1. The Bertz CT molecular complexity index is 1290. The Hall–Kier alpha value is -3.35. The zero-order chi connectivity index (χ0) is 24.4. The van der Waals surface area contributed by atoms with Crippen LogP contribution in [0, 0.1) is 0 Å². The lowest BCUT2D eigenvalue weighted by atomic mass is 9.98. The molecule has 0 aliphatic carbocycles. The van der Waals surface area contributed by atoms with E-state index in [1.54, 1.807) is 36.4 Å². The number of barbiturate groups is 1. The molecule has 2 aromatic carbocycles. The second-order valence-electron chi connectivity index (χ2n) is 8.16. The summed E-state index contributed by atoms with van der Waals surface area (Å²) in [4.78, 5) is 39.3. The van der Waals surface area contributed by atoms with Gasteiger partial charge in [-0.2, -0.15) is 0 Å². The summed E-state index contributed by atoms with van der Waals surface area (Å²) in [5.74, 6) is -1.05. The number of urea groups is 1. The average molecular weight is 496 g/mol. The van der Waals surface area contributed by atoms with Crippen LogP contribution in [0.3, 0.4) is 0 Å². The van der Waals surface area contributed by atoms with Crippen LogP contribution < -0.4 is 10.2 Å². The normalized spacial score (nSPS) is 16.2. The predicted octanol–water partition coefficient (Wildman–Crippen LogP) is 6.02. The van der Waals surface area contributed by atoms with E-state index in [2.05, 4.69) is 19.2 Å². The fourth-order valence-corrected chi connectivity index (χ4v) is 4.23. The lowest BCUT2D eigenvalue weighted by Crippen LogP contribution is -2.54. The SMILES string of the molecule is CC[C@H](C)c1ccc(N2C(=O)NC(=O)/C(=C/c3cccn3Cc3ccc(Cl)cc3Cl)C2=O)cc1. The molecule has 1 fully saturated rings. The van der Waals surface area contributed by atoms with Gasteiger partial charge in [0.15, 0.2) is 0 Å². The summed E-state index contributed by atoms with van der Waals surface area (Å²) < 4.78 is 1.85. The molecule has 34 heavy (non-hydrogen) atoms. The molecular formula is C26H23Cl2N3O3. The maximum atomic E-state index is 13.2. The smallest absolute Gasteiger partial charge is 0.335 e. The third-order valence-electron chi connectivity index (χ3n) is 5.95. The highest BCUT2D eigenvalue weighted by Crippen LogP contribution is 2.26. The maximum absolute atomic E-state index is 13.2. The molecule has 1 atom stereocenters. The zero-order valence-corrected chi connectivity index (χ0v) is 20.2. The van der Waals surface area contributed by atoms with Crippen LogP contribution in [0.2, 0.25) is 10.0 Å². The van der Waals surface area contributed by atoms with Crippen LogP contribution in [0.5, 0.6) is 0 Å². The second kappa shape index (κ2) is 9.87. The molecule has 8 heteroatoms. The number of halogens is 2. The van der Waals surface area contributed by atoms with Gasteiger partial charge in [-0.25, -0.2) is 9.69 Å². The molecule has 4 rings (SSSR count). The molecule has 1 N–H and O–H groups in total. The Morgan fingerprint density at radius 1 is 1.03 bits per heavy atom. The monoisotopic (exact) mass is 495 g/mol. The molecule has 0 spiro atoms. The van der Waals surface area contributed by atoms with Gasteiger partial charge < -0.3 is 4.57 Å². The largest absolute Gasteiger partial charge is 0.343 e. The van der Waals surface area contributed by atoms with Crippen LogP contribution in [0.4, 0.5) is 10.5 Å². The molecule has 174 valence electrons. The minimum atomic E-state index is -0.772. The number of carbonyl (C=O) groups is 3. The van der Waals surface area contributed by atoms with Crippen molar-refractivity contribution >= 4 is 52.8 Å². The highest BCUT2D eigenvalue weighted by atomic mass is 35.5. The second-order valence-corrected chi connectivity index (χ2v) is 9.00. The first-order valence-electron chi connectivity index (χ1n) is 10.9. The molecule has 0 unspecified atom stereocenters. The zero-order valence-electron chi connectivity index (χ0n) is 18.7. The minimum absolute atomic E-state index is 0.132. The van der Waals surface area contributed by atoms with Crippen molar-refractivity contribution in [3.05, 3.63) is 93.2 Å². The van der Waals surface area contributed by atoms with Gasteiger partial charge in [-0.05, 0) is 65.9 Å². The Labute approximate surface area is 207 Å². The summed E-state index contributed by atoms with van der Waals surface area (Å²) in [5, 5.41) is 3.32. The average Bonchev–Trinajstić information content (AvgIpc) is 3.25. The quantitative estimate of drug-likeness (QED) is 0.335. The molecule has 0 saturated carbocycles. The van der Waals surface area contributed by atoms with E-state index in [4.69, 9.17) is 23.2 Å². The van der Waals surface area contributed by atoms with Crippen molar-refractivity contribution < 1.29 is 14.4 Å². The molecular weight excluding hydrogens is 473 g/mol. The van der Waals surface area contributed by atoms with Crippen LogP contribution >= 0.6 is 23.2 Å². The highest BCUT2D eigenvalue weighted by molar-refractivity contribution is 6.39. The standard InChI is InChI=1S/C26H23Cl2N3O3/c1-3-16(2)17-7-10-20(11-8-17)31-25(33)22(24(32)29-26(31)34)14-21-5-4-12-30(21)15-18-6-9-19(27)13-23(18)28/h4-14,16H,3,15H2,1-2H3,(H,29,32,34)/b22-14-/t16-/m0/s1. The van der Waals surface area contributed by atoms with Crippen molar-refractivity contribution in [2.24, 2.45) is 0 Å². The fourth-order valence-electron chi connectivity index (χ4n) is 3.76. The minimum Gasteiger partial charge on any atom is -0.343 e. The molecule has 4 amide bonds. The molecule has 2 heterocycles. The highest BCUT2D eigenvalue weighted by Gasteiger charge is 2.37. The van der Waals surface area contributed by atoms with E-state index >= 15 is 0 Å². The third kappa shape index (κ3) is 4.79. The third-order valence-corrected chi connectivity index (χ3v) is 6.53. The van der Waals surface area contributed by atoms with Crippen molar-refractivity contribution in [3.8, 4) is 0 Å². The first-order chi connectivity index (χ1) is 16.3. The molecule has 6 nitrogen and oxygen atoms in total. The molecule has 1 aliphatic rings. The van der Waals surface area contributed by atoms with Crippen molar-refractivity contribution in [3.63, 3.8) is 0 Å². The van der Waals surface area contributed by atoms with E-state index in [0.29, 0.717) is 33.9 Å². The first-order valence-corrected chi connectivity index (χ1v) is 11.6. The summed E-state index contributed by atoms with van der Waals surface area (Å²) in [6, 6.07) is 15.3. The first kappa shape index (κ1) is 23.8. The van der Waals surface area contributed by atoms with Crippen LogP contribution in [-0.4, -0.2) is 22.4 Å². The van der Waals surface area contributed by atoms with Crippen molar-refractivity contribution in [2.45, 2.75) is 32.7 Å². The lowest BCUT2D eigenvalue weighted by Gasteiger charge is -2.26. The van der Waals surface area contributed by atoms with E-state index in [9.17, 15) is 14.4 Å². The summed E-state index contributed by atoms with van der Waals surface area (Å²) in [7, 11) is 0. The number of amides is 4. The fraction of sp³-hybridized carbons (Fsp3) is 0.192. The van der Waals surface area contributed by atoms with Gasteiger partial charge in [-0.1, -0.05) is 55.2 Å². The summed E-state index contributed by atoms with van der Waals surface area (Å²) in [6.45, 7) is 4.62. The lowest BCUT2D eigenvalue weighted by molar-refractivity contribution is -0.122. The van der Waals surface area contributed by atoms with Crippen LogP contribution in [0.1, 0.15) is 43.0 Å². The van der Waals surface area contributed by atoms with E-state index < -0.39 is 17.8 Å².